The molecule has 7 heteroatoms. The third kappa shape index (κ3) is 2.49. The minimum atomic E-state index is -3.52. The first kappa shape index (κ1) is 13.3. The van der Waals surface area contributed by atoms with Crippen LogP contribution in [0.15, 0.2) is 4.99 Å². The highest BCUT2D eigenvalue weighted by molar-refractivity contribution is 7.86. The molecule has 0 saturated carbocycles. The van der Waals surface area contributed by atoms with Gasteiger partial charge in [0.05, 0.1) is 0 Å². The second kappa shape index (κ2) is 5.05. The van der Waals surface area contributed by atoms with Crippen molar-refractivity contribution >= 4 is 16.3 Å². The van der Waals surface area contributed by atoms with Crippen molar-refractivity contribution < 1.29 is 13.2 Å². The third-order valence-electron chi connectivity index (χ3n) is 2.76. The summed E-state index contributed by atoms with van der Waals surface area (Å²) in [5.74, 6) is 0. The summed E-state index contributed by atoms with van der Waals surface area (Å²) in [5.41, 5.74) is 0. The van der Waals surface area contributed by atoms with Crippen molar-refractivity contribution in [2.24, 2.45) is 4.99 Å². The zero-order chi connectivity index (χ0) is 12.3. The molecule has 16 heavy (non-hydrogen) atoms. The summed E-state index contributed by atoms with van der Waals surface area (Å²) in [5, 5.41) is 0. The summed E-state index contributed by atoms with van der Waals surface area (Å²) < 4.78 is 26.8. The van der Waals surface area contributed by atoms with Crippen molar-refractivity contribution in [3.63, 3.8) is 0 Å². The van der Waals surface area contributed by atoms with Gasteiger partial charge in [-0.3, -0.25) is 0 Å². The lowest BCUT2D eigenvalue weighted by molar-refractivity contribution is 0.326. The van der Waals surface area contributed by atoms with Crippen molar-refractivity contribution in [3.8, 4) is 0 Å². The van der Waals surface area contributed by atoms with E-state index in [0.717, 1.165) is 6.42 Å². The molecule has 92 valence electrons. The van der Waals surface area contributed by atoms with Crippen molar-refractivity contribution in [2.45, 2.75) is 38.9 Å². The monoisotopic (exact) mass is 247 g/mol. The first-order chi connectivity index (χ1) is 7.41. The van der Waals surface area contributed by atoms with Crippen LogP contribution in [-0.4, -0.2) is 48.9 Å². The van der Waals surface area contributed by atoms with Crippen LogP contribution in [0.5, 0.6) is 0 Å². The van der Waals surface area contributed by atoms with E-state index in [0.29, 0.717) is 13.0 Å². The standard InChI is InChI=1S/C9H17N3O3S/c1-8(2)11(3)16(14,15)12-6-4-5-9(12)10-7-13/h8-9H,4-6H2,1-3H3. The Bertz CT molecular complexity index is 387. The van der Waals surface area contributed by atoms with E-state index in [2.05, 4.69) is 4.99 Å². The Morgan fingerprint density at radius 3 is 2.62 bits per heavy atom. The van der Waals surface area contributed by atoms with Gasteiger partial charge in [0.2, 0.25) is 6.08 Å². The number of rotatable bonds is 4. The minimum absolute atomic E-state index is 0.119. The van der Waals surface area contributed by atoms with Crippen LogP contribution in [0, 0.1) is 0 Å². The van der Waals surface area contributed by atoms with Gasteiger partial charge in [0.15, 0.2) is 0 Å². The quantitative estimate of drug-likeness (QED) is 0.531. The number of carbonyl (C=O) groups excluding carboxylic acids is 1. The molecule has 0 radical (unpaired) electrons. The molecular weight excluding hydrogens is 230 g/mol. The molecule has 1 rings (SSSR count). The molecule has 0 aliphatic carbocycles. The maximum absolute atomic E-state index is 12.1. The highest BCUT2D eigenvalue weighted by Crippen LogP contribution is 2.23. The molecule has 1 atom stereocenters. The van der Waals surface area contributed by atoms with Crippen LogP contribution >= 0.6 is 0 Å². The number of hydrogen-bond acceptors (Lipinski definition) is 4. The first-order valence-electron chi connectivity index (χ1n) is 5.23. The van der Waals surface area contributed by atoms with E-state index < -0.39 is 16.4 Å². The SMILES string of the molecule is CC(C)N(C)S(=O)(=O)N1CCCC1N=C=O. The summed E-state index contributed by atoms with van der Waals surface area (Å²) in [6.45, 7) is 4.01. The molecule has 6 nitrogen and oxygen atoms in total. The highest BCUT2D eigenvalue weighted by Gasteiger charge is 2.37. The van der Waals surface area contributed by atoms with Gasteiger partial charge in [-0.15, -0.1) is 0 Å². The fourth-order valence-electron chi connectivity index (χ4n) is 1.61. The Morgan fingerprint density at radius 2 is 2.12 bits per heavy atom. The summed E-state index contributed by atoms with van der Waals surface area (Å²) in [6.07, 6.45) is 2.16. The summed E-state index contributed by atoms with van der Waals surface area (Å²) >= 11 is 0. The Labute approximate surface area is 96.1 Å². The molecule has 0 aromatic heterocycles. The molecule has 1 aliphatic heterocycles. The van der Waals surface area contributed by atoms with Crippen LogP contribution in [0.25, 0.3) is 0 Å². The van der Waals surface area contributed by atoms with E-state index in [-0.39, 0.29) is 6.04 Å². The molecule has 1 saturated heterocycles. The molecule has 1 fully saturated rings. The van der Waals surface area contributed by atoms with Crippen LogP contribution in [0.1, 0.15) is 26.7 Å². The van der Waals surface area contributed by atoms with Crippen LogP contribution in [0.2, 0.25) is 0 Å². The fraction of sp³-hybridized carbons (Fsp3) is 0.889. The normalized spacial score (nSPS) is 22.7. The van der Waals surface area contributed by atoms with E-state index in [1.807, 2.05) is 0 Å². The topological polar surface area (TPSA) is 70.1 Å². The van der Waals surface area contributed by atoms with Gasteiger partial charge in [0.25, 0.3) is 10.2 Å². The molecule has 0 amide bonds. The van der Waals surface area contributed by atoms with Gasteiger partial charge in [-0.2, -0.15) is 22.0 Å². The molecule has 1 unspecified atom stereocenters. The zero-order valence-corrected chi connectivity index (χ0v) is 10.6. The summed E-state index contributed by atoms with van der Waals surface area (Å²) in [7, 11) is -1.99. The average Bonchev–Trinajstić information content (AvgIpc) is 2.65. The van der Waals surface area contributed by atoms with Gasteiger partial charge >= 0.3 is 0 Å². The lowest BCUT2D eigenvalue weighted by atomic mass is 10.3. The predicted molar refractivity (Wildman–Crippen MR) is 59.7 cm³/mol. The van der Waals surface area contributed by atoms with Crippen molar-refractivity contribution in [1.82, 2.24) is 8.61 Å². The van der Waals surface area contributed by atoms with E-state index >= 15 is 0 Å². The van der Waals surface area contributed by atoms with Crippen LogP contribution in [-0.2, 0) is 15.0 Å². The van der Waals surface area contributed by atoms with Gasteiger partial charge < -0.3 is 0 Å². The lowest BCUT2D eigenvalue weighted by Gasteiger charge is -2.28. The smallest absolute Gasteiger partial charge is 0.211 e. The summed E-state index contributed by atoms with van der Waals surface area (Å²) in [6, 6.07) is -0.119. The Morgan fingerprint density at radius 1 is 1.50 bits per heavy atom. The Balaban J connectivity index is 2.95. The van der Waals surface area contributed by atoms with Crippen LogP contribution in [0.4, 0.5) is 0 Å². The molecule has 0 aromatic carbocycles. The lowest BCUT2D eigenvalue weighted by Crippen LogP contribution is -2.46. The first-order valence-corrected chi connectivity index (χ1v) is 6.62. The zero-order valence-electron chi connectivity index (χ0n) is 9.75. The van der Waals surface area contributed by atoms with Gasteiger partial charge in [0, 0.05) is 19.6 Å². The molecule has 0 bridgehead atoms. The maximum Gasteiger partial charge on any atom is 0.283 e. The molecule has 1 heterocycles. The maximum atomic E-state index is 12.1. The largest absolute Gasteiger partial charge is 0.283 e. The van der Waals surface area contributed by atoms with Gasteiger partial charge in [0.1, 0.15) is 6.17 Å². The molecule has 0 spiro atoms. The van der Waals surface area contributed by atoms with E-state index in [1.165, 1.54) is 21.7 Å². The van der Waals surface area contributed by atoms with Gasteiger partial charge in [-0.1, -0.05) is 0 Å². The van der Waals surface area contributed by atoms with Crippen LogP contribution < -0.4 is 0 Å². The van der Waals surface area contributed by atoms with Gasteiger partial charge in [-0.25, -0.2) is 4.79 Å². The molecular formula is C9H17N3O3S. The Kier molecular flexibility index (Phi) is 4.21. The average molecular weight is 247 g/mol. The predicted octanol–water partition coefficient (Wildman–Crippen LogP) is 0.329. The molecule has 0 aromatic rings. The number of hydrogen-bond donors (Lipinski definition) is 0. The molecule has 0 N–H and O–H groups in total. The minimum Gasteiger partial charge on any atom is -0.211 e. The Hall–Kier alpha value is -0.750. The number of aliphatic imine (C=N–C) groups is 1. The fourth-order valence-corrected chi connectivity index (χ4v) is 3.30. The molecule has 1 aliphatic rings. The van der Waals surface area contributed by atoms with Crippen molar-refractivity contribution in [3.05, 3.63) is 0 Å². The number of isocyanates is 1. The van der Waals surface area contributed by atoms with E-state index in [1.54, 1.807) is 13.8 Å². The van der Waals surface area contributed by atoms with Crippen molar-refractivity contribution in [1.29, 1.82) is 0 Å². The summed E-state index contributed by atoms with van der Waals surface area (Å²) in [4.78, 5) is 13.7. The van der Waals surface area contributed by atoms with Gasteiger partial charge in [-0.05, 0) is 26.7 Å². The van der Waals surface area contributed by atoms with Crippen LogP contribution in [0.3, 0.4) is 0 Å². The van der Waals surface area contributed by atoms with E-state index in [9.17, 15) is 13.2 Å². The second-order valence-corrected chi connectivity index (χ2v) is 6.01. The van der Waals surface area contributed by atoms with Crippen molar-refractivity contribution in [2.75, 3.05) is 13.6 Å². The van der Waals surface area contributed by atoms with E-state index in [4.69, 9.17) is 0 Å². The second-order valence-electron chi connectivity index (χ2n) is 4.07. The third-order valence-corrected chi connectivity index (χ3v) is 4.93. The number of nitrogens with zero attached hydrogens (tertiary/aromatic N) is 3. The highest BCUT2D eigenvalue weighted by atomic mass is 32.2.